The Hall–Kier alpha value is -3.27. The lowest BCUT2D eigenvalue weighted by molar-refractivity contribution is -0.129. The van der Waals surface area contributed by atoms with Gasteiger partial charge in [-0.15, -0.1) is 0 Å². The van der Waals surface area contributed by atoms with E-state index in [9.17, 15) is 9.59 Å². The lowest BCUT2D eigenvalue weighted by Gasteiger charge is -2.27. The molecule has 0 spiro atoms. The number of esters is 1. The van der Waals surface area contributed by atoms with E-state index in [1.807, 2.05) is 42.5 Å². The first kappa shape index (κ1) is 20.6. The largest absolute Gasteiger partial charge is 0.451 e. The van der Waals surface area contributed by atoms with Crippen LogP contribution < -0.4 is 0 Å². The third kappa shape index (κ3) is 3.97. The number of rotatable bonds is 3. The number of nitrogens with zero attached hydrogens (tertiary/aromatic N) is 1. The molecule has 4 nitrogen and oxygen atoms in total. The van der Waals surface area contributed by atoms with Crippen LogP contribution in [0.15, 0.2) is 54.6 Å². The number of Topliss-reactive ketones (excluding diaryl/α,β-unsaturated/α-hetero) is 1. The van der Waals surface area contributed by atoms with Crippen LogP contribution >= 0.6 is 0 Å². The van der Waals surface area contributed by atoms with Gasteiger partial charge in [0.2, 0.25) is 0 Å². The molecule has 1 heterocycles. The van der Waals surface area contributed by atoms with Crippen molar-refractivity contribution in [2.75, 3.05) is 0 Å². The van der Waals surface area contributed by atoms with Crippen molar-refractivity contribution in [3.63, 3.8) is 0 Å². The molecule has 2 aliphatic carbocycles. The third-order valence-electron chi connectivity index (χ3n) is 6.51. The van der Waals surface area contributed by atoms with Gasteiger partial charge in [-0.3, -0.25) is 4.79 Å². The van der Waals surface area contributed by atoms with Crippen molar-refractivity contribution in [3.8, 4) is 0 Å². The molecule has 32 heavy (non-hydrogen) atoms. The molecule has 162 valence electrons. The Morgan fingerprint density at radius 3 is 2.62 bits per heavy atom. The second kappa shape index (κ2) is 8.70. The monoisotopic (exact) mass is 425 g/mol. The first-order valence-corrected chi connectivity index (χ1v) is 11.5. The van der Waals surface area contributed by atoms with Crippen LogP contribution in [0.5, 0.6) is 0 Å². The van der Waals surface area contributed by atoms with Crippen LogP contribution in [0.1, 0.15) is 66.2 Å². The fraction of sp³-hybridized carbons (Fsp3) is 0.321. The lowest BCUT2D eigenvalue weighted by Crippen LogP contribution is -2.31. The van der Waals surface area contributed by atoms with E-state index < -0.39 is 12.1 Å². The summed E-state index contributed by atoms with van der Waals surface area (Å²) in [4.78, 5) is 30.8. The Labute approximate surface area is 188 Å². The highest BCUT2D eigenvalue weighted by Crippen LogP contribution is 2.39. The molecule has 1 fully saturated rings. The molecule has 0 amide bonds. The molecule has 0 unspecified atom stereocenters. The molecule has 0 aliphatic heterocycles. The predicted octanol–water partition coefficient (Wildman–Crippen LogP) is 6.03. The minimum absolute atomic E-state index is 0.0369. The van der Waals surface area contributed by atoms with Crippen molar-refractivity contribution in [1.82, 2.24) is 4.98 Å². The number of aromatic nitrogens is 1. The van der Waals surface area contributed by atoms with E-state index in [2.05, 4.69) is 25.1 Å². The lowest BCUT2D eigenvalue weighted by atomic mass is 9.80. The second-order valence-corrected chi connectivity index (χ2v) is 9.03. The van der Waals surface area contributed by atoms with E-state index in [-0.39, 0.29) is 5.78 Å². The molecular formula is C28H27NO3. The SMILES string of the molecule is C[C@@H]1C/C(=C\c2ccccc2)c2nc3ccccc3c(C(=O)O[C@H]3CCCCC3=O)c2C1. The topological polar surface area (TPSA) is 56.3 Å². The Morgan fingerprint density at radius 2 is 1.81 bits per heavy atom. The van der Waals surface area contributed by atoms with Crippen LogP contribution in [-0.4, -0.2) is 22.8 Å². The highest BCUT2D eigenvalue weighted by Gasteiger charge is 2.32. The zero-order valence-electron chi connectivity index (χ0n) is 18.3. The van der Waals surface area contributed by atoms with Gasteiger partial charge in [-0.05, 0) is 66.9 Å². The van der Waals surface area contributed by atoms with E-state index in [0.29, 0.717) is 24.3 Å². The van der Waals surface area contributed by atoms with Gasteiger partial charge in [-0.2, -0.15) is 0 Å². The Bertz CT molecular complexity index is 1210. The van der Waals surface area contributed by atoms with Crippen molar-refractivity contribution in [1.29, 1.82) is 0 Å². The highest BCUT2D eigenvalue weighted by molar-refractivity contribution is 6.07. The van der Waals surface area contributed by atoms with E-state index in [1.54, 1.807) is 0 Å². The smallest absolute Gasteiger partial charge is 0.339 e. The van der Waals surface area contributed by atoms with Gasteiger partial charge in [0.15, 0.2) is 11.9 Å². The molecule has 0 saturated heterocycles. The van der Waals surface area contributed by atoms with Gasteiger partial charge >= 0.3 is 5.97 Å². The Morgan fingerprint density at radius 1 is 1.03 bits per heavy atom. The molecule has 2 aromatic carbocycles. The summed E-state index contributed by atoms with van der Waals surface area (Å²) in [5.41, 5.74) is 5.44. The number of hydrogen-bond donors (Lipinski definition) is 0. The van der Waals surface area contributed by atoms with Gasteiger partial charge in [0.25, 0.3) is 0 Å². The van der Waals surface area contributed by atoms with Gasteiger partial charge in [0.05, 0.1) is 16.8 Å². The van der Waals surface area contributed by atoms with Crippen LogP contribution in [0.2, 0.25) is 0 Å². The number of fused-ring (bicyclic) bond motifs is 2. The van der Waals surface area contributed by atoms with Crippen molar-refractivity contribution in [3.05, 3.63) is 77.0 Å². The van der Waals surface area contributed by atoms with Crippen molar-refractivity contribution in [2.45, 2.75) is 51.6 Å². The molecule has 5 rings (SSSR count). The normalized spacial score (nSPS) is 22.0. The van der Waals surface area contributed by atoms with Crippen LogP contribution in [0.25, 0.3) is 22.6 Å². The number of carbonyl (C=O) groups excluding carboxylic acids is 2. The molecule has 1 saturated carbocycles. The molecule has 0 radical (unpaired) electrons. The van der Waals surface area contributed by atoms with Crippen molar-refractivity contribution >= 4 is 34.3 Å². The van der Waals surface area contributed by atoms with Crippen molar-refractivity contribution < 1.29 is 14.3 Å². The number of hydrogen-bond acceptors (Lipinski definition) is 4. The van der Waals surface area contributed by atoms with E-state index >= 15 is 0 Å². The number of para-hydroxylation sites is 1. The van der Waals surface area contributed by atoms with Crippen LogP contribution in [-0.2, 0) is 16.0 Å². The standard InChI is InChI=1S/C28H27NO3/c1-18-15-20(17-19-9-3-2-4-10-19)27-22(16-18)26(21-11-5-6-12-23(21)29-27)28(31)32-25-14-8-7-13-24(25)30/h2-6,9-12,17-18,25H,7-8,13-16H2,1H3/b20-17+/t18-,25+/m1/s1. The van der Waals surface area contributed by atoms with Crippen LogP contribution in [0, 0.1) is 5.92 Å². The molecule has 4 heteroatoms. The minimum atomic E-state index is -0.626. The summed E-state index contributed by atoms with van der Waals surface area (Å²) in [7, 11) is 0. The molecule has 0 bridgehead atoms. The second-order valence-electron chi connectivity index (χ2n) is 9.03. The Balaban J connectivity index is 1.64. The average Bonchev–Trinajstić information content (AvgIpc) is 2.80. The van der Waals surface area contributed by atoms with Gasteiger partial charge in [-0.1, -0.05) is 55.5 Å². The molecule has 1 aromatic heterocycles. The summed E-state index contributed by atoms with van der Waals surface area (Å²) in [6, 6.07) is 18.0. The summed E-state index contributed by atoms with van der Waals surface area (Å²) in [6.07, 6.45) is 6.13. The van der Waals surface area contributed by atoms with Gasteiger partial charge in [0.1, 0.15) is 0 Å². The zero-order chi connectivity index (χ0) is 22.1. The van der Waals surface area contributed by atoms with Gasteiger partial charge in [0, 0.05) is 11.8 Å². The van der Waals surface area contributed by atoms with E-state index in [4.69, 9.17) is 9.72 Å². The summed E-state index contributed by atoms with van der Waals surface area (Å²) in [5, 5.41) is 0.799. The van der Waals surface area contributed by atoms with Crippen molar-refractivity contribution in [2.24, 2.45) is 5.92 Å². The fourth-order valence-electron chi connectivity index (χ4n) is 4.98. The maximum Gasteiger partial charge on any atom is 0.339 e. The highest BCUT2D eigenvalue weighted by atomic mass is 16.5. The maximum absolute atomic E-state index is 13.5. The number of benzene rings is 2. The molecule has 2 aliphatic rings. The quantitative estimate of drug-likeness (QED) is 0.481. The molecule has 2 atom stereocenters. The van der Waals surface area contributed by atoms with Gasteiger partial charge in [-0.25, -0.2) is 9.78 Å². The molecule has 0 N–H and O–H groups in total. The van der Waals surface area contributed by atoms with E-state index in [0.717, 1.165) is 59.0 Å². The maximum atomic E-state index is 13.5. The number of pyridine rings is 1. The summed E-state index contributed by atoms with van der Waals surface area (Å²) >= 11 is 0. The predicted molar refractivity (Wildman–Crippen MR) is 126 cm³/mol. The molecule has 3 aromatic rings. The Kier molecular flexibility index (Phi) is 5.60. The van der Waals surface area contributed by atoms with Crippen LogP contribution in [0.3, 0.4) is 0 Å². The minimum Gasteiger partial charge on any atom is -0.451 e. The van der Waals surface area contributed by atoms with Crippen LogP contribution in [0.4, 0.5) is 0 Å². The average molecular weight is 426 g/mol. The first-order chi connectivity index (χ1) is 15.6. The number of allylic oxidation sites excluding steroid dienone is 1. The number of ketones is 1. The zero-order valence-corrected chi connectivity index (χ0v) is 18.3. The van der Waals surface area contributed by atoms with Gasteiger partial charge < -0.3 is 4.74 Å². The molecular weight excluding hydrogens is 398 g/mol. The summed E-state index contributed by atoms with van der Waals surface area (Å²) in [5.74, 6) is 0.0198. The number of carbonyl (C=O) groups is 2. The van der Waals surface area contributed by atoms with E-state index in [1.165, 1.54) is 0 Å². The number of ether oxygens (including phenoxy) is 1. The third-order valence-corrected chi connectivity index (χ3v) is 6.51. The fourth-order valence-corrected chi connectivity index (χ4v) is 4.98. The first-order valence-electron chi connectivity index (χ1n) is 11.5. The summed E-state index contributed by atoms with van der Waals surface area (Å²) in [6.45, 7) is 2.21. The summed E-state index contributed by atoms with van der Waals surface area (Å²) < 4.78 is 5.82.